The first kappa shape index (κ1) is 10.5. The van der Waals surface area contributed by atoms with Crippen LogP contribution < -0.4 is 0 Å². The average Bonchev–Trinajstić information content (AvgIpc) is 2.83. The third-order valence-corrected chi connectivity index (χ3v) is 2.52. The van der Waals surface area contributed by atoms with E-state index in [2.05, 4.69) is 5.10 Å². The number of rotatable bonds is 2. The van der Waals surface area contributed by atoms with Gasteiger partial charge in [0.1, 0.15) is 5.69 Å². The smallest absolute Gasteiger partial charge is 0.354 e. The van der Waals surface area contributed by atoms with Gasteiger partial charge in [0.25, 0.3) is 0 Å². The molecule has 0 unspecified atom stereocenters. The number of methoxy groups -OCH3 is 1. The van der Waals surface area contributed by atoms with Gasteiger partial charge in [0.05, 0.1) is 12.8 Å². The van der Waals surface area contributed by atoms with E-state index in [9.17, 15) is 4.79 Å². The van der Waals surface area contributed by atoms with Crippen molar-refractivity contribution in [1.82, 2.24) is 14.3 Å². The Balaban J connectivity index is 2.46. The molecule has 84 valence electrons. The van der Waals surface area contributed by atoms with E-state index >= 15 is 0 Å². The fraction of sp³-hybridized carbons (Fsp3) is 0.273. The number of esters is 1. The highest BCUT2D eigenvalue weighted by molar-refractivity contribution is 5.89. The highest BCUT2D eigenvalue weighted by Gasteiger charge is 2.14. The number of aryl methyl sites for hydroxylation is 2. The predicted octanol–water partition coefficient (Wildman–Crippen LogP) is 1.21. The number of nitrogens with zero attached hydrogens (tertiary/aromatic N) is 3. The van der Waals surface area contributed by atoms with E-state index in [1.54, 1.807) is 21.5 Å². The summed E-state index contributed by atoms with van der Waals surface area (Å²) in [7, 11) is 5.05. The van der Waals surface area contributed by atoms with Gasteiger partial charge < -0.3 is 9.30 Å². The summed E-state index contributed by atoms with van der Waals surface area (Å²) < 4.78 is 8.20. The molecule has 0 aliphatic carbocycles. The maximum absolute atomic E-state index is 11.4. The summed E-state index contributed by atoms with van der Waals surface area (Å²) in [6, 6.07) is 3.69. The Morgan fingerprint density at radius 2 is 2.19 bits per heavy atom. The third-order valence-electron chi connectivity index (χ3n) is 2.52. The summed E-state index contributed by atoms with van der Waals surface area (Å²) in [5, 5.41) is 4.09. The standard InChI is InChI=1S/C11H13N3O2/c1-13-7-8(6-10(13)11(15)16-3)9-4-5-12-14(9)2/h4-7H,1-3H3. The summed E-state index contributed by atoms with van der Waals surface area (Å²) in [5.74, 6) is -0.337. The van der Waals surface area contributed by atoms with Crippen molar-refractivity contribution >= 4 is 5.97 Å². The molecule has 2 aromatic rings. The second kappa shape index (κ2) is 3.84. The molecule has 2 heterocycles. The molecule has 0 saturated heterocycles. The van der Waals surface area contributed by atoms with E-state index in [4.69, 9.17) is 4.74 Å². The number of aromatic nitrogens is 3. The van der Waals surface area contributed by atoms with Crippen LogP contribution in [0.15, 0.2) is 24.5 Å². The predicted molar refractivity (Wildman–Crippen MR) is 59.0 cm³/mol. The lowest BCUT2D eigenvalue weighted by Crippen LogP contribution is -2.06. The van der Waals surface area contributed by atoms with Crippen molar-refractivity contribution in [2.24, 2.45) is 14.1 Å². The fourth-order valence-corrected chi connectivity index (χ4v) is 1.67. The monoisotopic (exact) mass is 219 g/mol. The number of ether oxygens (including phenoxy) is 1. The zero-order chi connectivity index (χ0) is 11.7. The third kappa shape index (κ3) is 1.60. The van der Waals surface area contributed by atoms with E-state index in [1.807, 2.05) is 26.4 Å². The molecule has 0 saturated carbocycles. The van der Waals surface area contributed by atoms with Crippen molar-refractivity contribution in [2.75, 3.05) is 7.11 Å². The number of hydrogen-bond donors (Lipinski definition) is 0. The molecule has 0 aromatic carbocycles. The molecule has 5 nitrogen and oxygen atoms in total. The molecule has 0 aliphatic heterocycles. The highest BCUT2D eigenvalue weighted by atomic mass is 16.5. The number of carbonyl (C=O) groups is 1. The Morgan fingerprint density at radius 1 is 1.44 bits per heavy atom. The van der Waals surface area contributed by atoms with Crippen molar-refractivity contribution in [2.45, 2.75) is 0 Å². The summed E-state index contributed by atoms with van der Waals surface area (Å²) in [5.41, 5.74) is 2.44. The number of hydrogen-bond acceptors (Lipinski definition) is 3. The van der Waals surface area contributed by atoms with Gasteiger partial charge in [0, 0.05) is 32.1 Å². The van der Waals surface area contributed by atoms with E-state index in [0.717, 1.165) is 11.3 Å². The van der Waals surface area contributed by atoms with Crippen LogP contribution in [-0.4, -0.2) is 27.4 Å². The molecule has 0 spiro atoms. The van der Waals surface area contributed by atoms with Crippen LogP contribution in [0, 0.1) is 0 Å². The highest BCUT2D eigenvalue weighted by Crippen LogP contribution is 2.21. The Morgan fingerprint density at radius 3 is 2.75 bits per heavy atom. The van der Waals surface area contributed by atoms with Gasteiger partial charge in [-0.1, -0.05) is 0 Å². The van der Waals surface area contributed by atoms with Gasteiger partial charge in [0.15, 0.2) is 0 Å². The average molecular weight is 219 g/mol. The minimum Gasteiger partial charge on any atom is -0.464 e. The molecule has 5 heteroatoms. The van der Waals surface area contributed by atoms with Gasteiger partial charge in [-0.2, -0.15) is 5.10 Å². The second-order valence-corrected chi connectivity index (χ2v) is 3.56. The van der Waals surface area contributed by atoms with Crippen LogP contribution >= 0.6 is 0 Å². The van der Waals surface area contributed by atoms with Crippen molar-refractivity contribution in [3.63, 3.8) is 0 Å². The first-order chi connectivity index (χ1) is 7.63. The largest absolute Gasteiger partial charge is 0.464 e. The van der Waals surface area contributed by atoms with Crippen molar-refractivity contribution < 1.29 is 9.53 Å². The molecule has 0 fully saturated rings. The molecular weight excluding hydrogens is 206 g/mol. The summed E-state index contributed by atoms with van der Waals surface area (Å²) >= 11 is 0. The van der Waals surface area contributed by atoms with Crippen molar-refractivity contribution in [3.05, 3.63) is 30.2 Å². The van der Waals surface area contributed by atoms with Crippen LogP contribution in [-0.2, 0) is 18.8 Å². The molecule has 2 aromatic heterocycles. The van der Waals surface area contributed by atoms with E-state index in [-0.39, 0.29) is 5.97 Å². The van der Waals surface area contributed by atoms with Gasteiger partial charge in [-0.25, -0.2) is 4.79 Å². The van der Waals surface area contributed by atoms with Gasteiger partial charge in [-0.05, 0) is 12.1 Å². The molecule has 0 N–H and O–H groups in total. The first-order valence-corrected chi connectivity index (χ1v) is 4.86. The van der Waals surface area contributed by atoms with E-state index < -0.39 is 0 Å². The van der Waals surface area contributed by atoms with Crippen LogP contribution in [0.5, 0.6) is 0 Å². The minimum atomic E-state index is -0.337. The second-order valence-electron chi connectivity index (χ2n) is 3.56. The molecule has 0 amide bonds. The van der Waals surface area contributed by atoms with Crippen LogP contribution in [0.2, 0.25) is 0 Å². The summed E-state index contributed by atoms with van der Waals surface area (Å²) in [4.78, 5) is 11.4. The van der Waals surface area contributed by atoms with Gasteiger partial charge in [-0.15, -0.1) is 0 Å². The lowest BCUT2D eigenvalue weighted by atomic mass is 10.2. The van der Waals surface area contributed by atoms with E-state index in [1.165, 1.54) is 7.11 Å². The van der Waals surface area contributed by atoms with Crippen LogP contribution in [0.1, 0.15) is 10.5 Å². The van der Waals surface area contributed by atoms with Gasteiger partial charge >= 0.3 is 5.97 Å². The molecular formula is C11H13N3O2. The fourth-order valence-electron chi connectivity index (χ4n) is 1.67. The van der Waals surface area contributed by atoms with Crippen LogP contribution in [0.25, 0.3) is 11.3 Å². The molecule has 0 radical (unpaired) electrons. The minimum absolute atomic E-state index is 0.337. The van der Waals surface area contributed by atoms with Gasteiger partial charge in [-0.3, -0.25) is 4.68 Å². The molecule has 0 atom stereocenters. The van der Waals surface area contributed by atoms with Crippen molar-refractivity contribution in [1.29, 1.82) is 0 Å². The Labute approximate surface area is 93.2 Å². The maximum atomic E-state index is 11.4. The Bertz CT molecular complexity index is 525. The molecule has 0 aliphatic rings. The van der Waals surface area contributed by atoms with E-state index in [0.29, 0.717) is 5.69 Å². The lowest BCUT2D eigenvalue weighted by Gasteiger charge is -1.98. The SMILES string of the molecule is COC(=O)c1cc(-c2ccnn2C)cn1C. The first-order valence-electron chi connectivity index (χ1n) is 4.86. The quantitative estimate of drug-likeness (QED) is 0.713. The normalized spacial score (nSPS) is 10.4. The maximum Gasteiger partial charge on any atom is 0.354 e. The summed E-state index contributed by atoms with van der Waals surface area (Å²) in [6.07, 6.45) is 3.60. The zero-order valence-corrected chi connectivity index (χ0v) is 9.47. The number of carbonyl (C=O) groups excluding carboxylic acids is 1. The van der Waals surface area contributed by atoms with Crippen molar-refractivity contribution in [3.8, 4) is 11.3 Å². The molecule has 2 rings (SSSR count). The van der Waals surface area contributed by atoms with Crippen LogP contribution in [0.3, 0.4) is 0 Å². The Kier molecular flexibility index (Phi) is 2.52. The van der Waals surface area contributed by atoms with Crippen LogP contribution in [0.4, 0.5) is 0 Å². The van der Waals surface area contributed by atoms with Gasteiger partial charge in [0.2, 0.25) is 0 Å². The Hall–Kier alpha value is -2.04. The molecule has 0 bridgehead atoms. The molecule has 16 heavy (non-hydrogen) atoms. The summed E-state index contributed by atoms with van der Waals surface area (Å²) in [6.45, 7) is 0. The zero-order valence-electron chi connectivity index (χ0n) is 9.47. The topological polar surface area (TPSA) is 49.0 Å². The lowest BCUT2D eigenvalue weighted by molar-refractivity contribution is 0.0590.